The molecule has 2 amide bonds. The molecule has 0 atom stereocenters. The lowest BCUT2D eigenvalue weighted by molar-refractivity contribution is -0.124. The number of hydrogen-bond acceptors (Lipinski definition) is 6. The normalized spacial score (nSPS) is 10.7. The minimum absolute atomic E-state index is 0.119. The fourth-order valence-corrected chi connectivity index (χ4v) is 3.01. The van der Waals surface area contributed by atoms with Crippen molar-refractivity contribution < 1.29 is 14.1 Å². The minimum atomic E-state index is -0.326. The summed E-state index contributed by atoms with van der Waals surface area (Å²) in [7, 11) is 0. The van der Waals surface area contributed by atoms with Crippen LogP contribution in [0.1, 0.15) is 12.3 Å². The Balaban J connectivity index is 1.20. The predicted octanol–water partition coefficient (Wildman–Crippen LogP) is 3.26. The third kappa shape index (κ3) is 5.58. The van der Waals surface area contributed by atoms with Crippen LogP contribution >= 0.6 is 11.6 Å². The summed E-state index contributed by atoms with van der Waals surface area (Å²) < 4.78 is 6.90. The highest BCUT2D eigenvalue weighted by atomic mass is 35.5. The van der Waals surface area contributed by atoms with Gasteiger partial charge in [0.15, 0.2) is 0 Å². The average molecular weight is 451 g/mol. The van der Waals surface area contributed by atoms with Crippen molar-refractivity contribution >= 4 is 29.1 Å². The van der Waals surface area contributed by atoms with Gasteiger partial charge in [-0.3, -0.25) is 9.59 Å². The maximum absolute atomic E-state index is 12.1. The first-order valence-electron chi connectivity index (χ1n) is 9.82. The Kier molecular flexibility index (Phi) is 6.57. The molecule has 10 heteroatoms. The van der Waals surface area contributed by atoms with E-state index in [9.17, 15) is 9.59 Å². The largest absolute Gasteiger partial charge is 0.347 e. The lowest BCUT2D eigenvalue weighted by atomic mass is 10.2. The van der Waals surface area contributed by atoms with E-state index in [1.807, 2.05) is 24.4 Å². The van der Waals surface area contributed by atoms with Gasteiger partial charge >= 0.3 is 0 Å². The van der Waals surface area contributed by atoms with Gasteiger partial charge in [0.05, 0.1) is 12.2 Å². The highest BCUT2D eigenvalue weighted by molar-refractivity contribution is 6.30. The van der Waals surface area contributed by atoms with Gasteiger partial charge in [-0.2, -0.15) is 10.1 Å². The molecule has 2 heterocycles. The maximum Gasteiger partial charge on any atom is 0.243 e. The number of nitrogens with zero attached hydrogens (tertiary/aromatic N) is 4. The number of amides is 2. The predicted molar refractivity (Wildman–Crippen MR) is 118 cm³/mol. The van der Waals surface area contributed by atoms with Crippen LogP contribution in [0.4, 0.5) is 5.69 Å². The van der Waals surface area contributed by atoms with Gasteiger partial charge in [-0.25, -0.2) is 4.68 Å². The summed E-state index contributed by atoms with van der Waals surface area (Å²) in [5.74, 6) is 0.148. The Labute approximate surface area is 188 Å². The second-order valence-electron chi connectivity index (χ2n) is 6.84. The monoisotopic (exact) mass is 450 g/mol. The fraction of sp³-hybridized carbons (Fsp3) is 0.136. The smallest absolute Gasteiger partial charge is 0.243 e. The third-order valence-electron chi connectivity index (χ3n) is 4.50. The summed E-state index contributed by atoms with van der Waals surface area (Å²) in [6.45, 7) is -0.139. The van der Waals surface area contributed by atoms with Crippen LogP contribution in [0, 0.1) is 0 Å². The van der Waals surface area contributed by atoms with Crippen LogP contribution in [0.3, 0.4) is 0 Å². The molecule has 0 fully saturated rings. The Morgan fingerprint density at radius 2 is 1.81 bits per heavy atom. The first-order valence-corrected chi connectivity index (χ1v) is 10.2. The van der Waals surface area contributed by atoms with Crippen LogP contribution in [-0.4, -0.2) is 38.3 Å². The van der Waals surface area contributed by atoms with Crippen LogP contribution in [0.2, 0.25) is 5.02 Å². The molecule has 32 heavy (non-hydrogen) atoms. The number of hydrogen-bond donors (Lipinski definition) is 2. The number of carbonyl (C=O) groups excluding carboxylic acids is 2. The molecule has 0 saturated carbocycles. The molecule has 0 aliphatic heterocycles. The zero-order chi connectivity index (χ0) is 22.3. The van der Waals surface area contributed by atoms with Gasteiger partial charge in [0.2, 0.25) is 23.5 Å². The molecular formula is C22H19ClN6O3. The molecule has 0 spiro atoms. The van der Waals surface area contributed by atoms with Gasteiger partial charge in [0.1, 0.15) is 0 Å². The van der Waals surface area contributed by atoms with E-state index in [0.29, 0.717) is 22.4 Å². The maximum atomic E-state index is 12.1. The molecule has 0 bridgehead atoms. The lowest BCUT2D eigenvalue weighted by Crippen LogP contribution is -2.32. The van der Waals surface area contributed by atoms with E-state index in [0.717, 1.165) is 11.3 Å². The van der Waals surface area contributed by atoms with Crippen molar-refractivity contribution in [2.24, 2.45) is 0 Å². The first-order chi connectivity index (χ1) is 15.6. The van der Waals surface area contributed by atoms with E-state index in [-0.39, 0.29) is 31.2 Å². The van der Waals surface area contributed by atoms with Crippen LogP contribution in [0.15, 0.2) is 71.5 Å². The number of aryl methyl sites for hydroxylation is 1. The molecule has 162 valence electrons. The molecule has 9 nitrogen and oxygen atoms in total. The zero-order valence-electron chi connectivity index (χ0n) is 16.9. The summed E-state index contributed by atoms with van der Waals surface area (Å²) in [5.41, 5.74) is 2.27. The summed E-state index contributed by atoms with van der Waals surface area (Å²) in [5, 5.41) is 14.0. The number of benzene rings is 2. The number of nitrogens with one attached hydrogen (secondary N) is 2. The quantitative estimate of drug-likeness (QED) is 0.425. The summed E-state index contributed by atoms with van der Waals surface area (Å²) in [6.07, 6.45) is 3.91. The van der Waals surface area contributed by atoms with E-state index < -0.39 is 0 Å². The second-order valence-corrected chi connectivity index (χ2v) is 7.28. The van der Waals surface area contributed by atoms with Crippen molar-refractivity contribution in [3.63, 3.8) is 0 Å². The van der Waals surface area contributed by atoms with Crippen LogP contribution in [-0.2, 0) is 16.0 Å². The molecular weight excluding hydrogens is 432 g/mol. The van der Waals surface area contributed by atoms with Gasteiger partial charge < -0.3 is 15.2 Å². The number of anilines is 1. The molecule has 2 aromatic carbocycles. The molecule has 2 N–H and O–H groups in total. The molecule has 4 aromatic rings. The van der Waals surface area contributed by atoms with Gasteiger partial charge in [-0.15, -0.1) is 0 Å². The molecule has 0 aliphatic rings. The van der Waals surface area contributed by atoms with E-state index in [1.54, 1.807) is 47.3 Å². The third-order valence-corrected chi connectivity index (χ3v) is 4.75. The first kappa shape index (κ1) is 21.3. The topological polar surface area (TPSA) is 115 Å². The van der Waals surface area contributed by atoms with E-state index in [2.05, 4.69) is 25.9 Å². The fourth-order valence-electron chi connectivity index (χ4n) is 2.88. The van der Waals surface area contributed by atoms with Crippen molar-refractivity contribution in [3.05, 3.63) is 77.9 Å². The minimum Gasteiger partial charge on any atom is -0.347 e. The van der Waals surface area contributed by atoms with Crippen LogP contribution in [0.5, 0.6) is 0 Å². The molecule has 2 aromatic heterocycles. The molecule has 0 radical (unpaired) electrons. The summed E-state index contributed by atoms with van der Waals surface area (Å²) in [4.78, 5) is 28.4. The van der Waals surface area contributed by atoms with Gasteiger partial charge in [0.25, 0.3) is 0 Å². The Morgan fingerprint density at radius 1 is 1.03 bits per heavy atom. The van der Waals surface area contributed by atoms with Crippen molar-refractivity contribution in [1.29, 1.82) is 0 Å². The van der Waals surface area contributed by atoms with Crippen molar-refractivity contribution in [3.8, 4) is 17.1 Å². The van der Waals surface area contributed by atoms with Crippen molar-refractivity contribution in [2.45, 2.75) is 12.8 Å². The number of carbonyl (C=O) groups is 2. The van der Waals surface area contributed by atoms with Gasteiger partial charge in [-0.05, 0) is 54.6 Å². The Hall–Kier alpha value is -3.98. The van der Waals surface area contributed by atoms with E-state index in [4.69, 9.17) is 16.1 Å². The highest BCUT2D eigenvalue weighted by Crippen LogP contribution is 2.19. The lowest BCUT2D eigenvalue weighted by Gasteiger charge is -2.08. The van der Waals surface area contributed by atoms with Crippen molar-refractivity contribution in [1.82, 2.24) is 25.2 Å². The molecule has 0 aliphatic carbocycles. The molecule has 0 saturated heterocycles. The Bertz CT molecular complexity index is 1190. The standard InChI is InChI=1S/C22H19ClN6O3/c23-16-4-2-15(3-5-16)22-27-21(32-28-22)11-10-19(30)24-14-20(31)26-17-6-8-18(9-7-17)29-13-1-12-25-29/h1-9,12-13H,10-11,14H2,(H,24,30)(H,26,31). The molecule has 0 unspecified atom stereocenters. The van der Waals surface area contributed by atoms with Crippen LogP contribution in [0.25, 0.3) is 17.1 Å². The Morgan fingerprint density at radius 3 is 2.53 bits per heavy atom. The summed E-state index contributed by atoms with van der Waals surface area (Å²) >= 11 is 5.87. The van der Waals surface area contributed by atoms with E-state index >= 15 is 0 Å². The summed E-state index contributed by atoms with van der Waals surface area (Å²) in [6, 6.07) is 16.1. The van der Waals surface area contributed by atoms with E-state index in [1.165, 1.54) is 0 Å². The number of aromatic nitrogens is 4. The highest BCUT2D eigenvalue weighted by Gasteiger charge is 2.12. The average Bonchev–Trinajstić information content (AvgIpc) is 3.50. The van der Waals surface area contributed by atoms with Crippen molar-refractivity contribution in [2.75, 3.05) is 11.9 Å². The van der Waals surface area contributed by atoms with Crippen LogP contribution < -0.4 is 10.6 Å². The van der Waals surface area contributed by atoms with Gasteiger partial charge in [-0.1, -0.05) is 16.8 Å². The zero-order valence-corrected chi connectivity index (χ0v) is 17.6. The van der Waals surface area contributed by atoms with Gasteiger partial charge in [0, 0.05) is 41.5 Å². The SMILES string of the molecule is O=C(CCc1nc(-c2ccc(Cl)cc2)no1)NCC(=O)Nc1ccc(-n2cccn2)cc1. The number of halogens is 1. The second kappa shape index (κ2) is 9.88. The number of rotatable bonds is 8. The molecule has 4 rings (SSSR count).